The zero-order valence-corrected chi connectivity index (χ0v) is 7.95. The van der Waals surface area contributed by atoms with Crippen molar-refractivity contribution in [3.05, 3.63) is 30.1 Å². The fourth-order valence-electron chi connectivity index (χ4n) is 1.21. The molecule has 0 radical (unpaired) electrons. The van der Waals surface area contributed by atoms with Crippen LogP contribution in [0.3, 0.4) is 0 Å². The molecule has 0 saturated carbocycles. The van der Waals surface area contributed by atoms with Crippen molar-refractivity contribution in [3.8, 4) is 11.4 Å². The second-order valence-corrected chi connectivity index (χ2v) is 2.99. The first-order valence-electron chi connectivity index (χ1n) is 4.27. The Hall–Kier alpha value is -2.24. The van der Waals surface area contributed by atoms with Crippen molar-refractivity contribution in [2.45, 2.75) is 6.92 Å². The molecule has 6 heteroatoms. The van der Waals surface area contributed by atoms with Crippen LogP contribution in [-0.2, 0) is 0 Å². The first-order chi connectivity index (χ1) is 7.18. The van der Waals surface area contributed by atoms with Gasteiger partial charge in [-0.25, -0.2) is 0 Å². The molecule has 0 saturated heterocycles. The van der Waals surface area contributed by atoms with Crippen molar-refractivity contribution >= 4 is 5.78 Å². The third kappa shape index (κ3) is 1.69. The Morgan fingerprint density at radius 1 is 1.47 bits per heavy atom. The van der Waals surface area contributed by atoms with Crippen molar-refractivity contribution in [3.63, 3.8) is 0 Å². The van der Waals surface area contributed by atoms with Crippen LogP contribution in [-0.4, -0.2) is 31.1 Å². The minimum absolute atomic E-state index is 0.0949. The minimum atomic E-state index is -0.233. The second kappa shape index (κ2) is 3.49. The molecule has 0 aliphatic heterocycles. The van der Waals surface area contributed by atoms with Crippen LogP contribution >= 0.6 is 0 Å². The van der Waals surface area contributed by atoms with Crippen molar-refractivity contribution in [1.82, 2.24) is 20.2 Å². The smallest absolute Gasteiger partial charge is 0.222 e. The number of rotatable bonds is 2. The van der Waals surface area contributed by atoms with Crippen molar-refractivity contribution < 1.29 is 9.90 Å². The van der Waals surface area contributed by atoms with Gasteiger partial charge in [-0.1, -0.05) is 6.07 Å². The van der Waals surface area contributed by atoms with E-state index in [4.69, 9.17) is 0 Å². The summed E-state index contributed by atoms with van der Waals surface area (Å²) in [6.45, 7) is 1.38. The average Bonchev–Trinajstić information content (AvgIpc) is 2.65. The lowest BCUT2D eigenvalue weighted by atomic mass is 10.3. The van der Waals surface area contributed by atoms with Crippen LogP contribution in [0.1, 0.15) is 17.5 Å². The number of ketones is 1. The van der Waals surface area contributed by atoms with Crippen LogP contribution in [0.2, 0.25) is 0 Å². The summed E-state index contributed by atoms with van der Waals surface area (Å²) in [6, 6.07) is 6.35. The third-order valence-corrected chi connectivity index (χ3v) is 1.86. The number of benzene rings is 1. The molecular weight excluding hydrogens is 196 g/mol. The number of aromatic nitrogens is 4. The maximum absolute atomic E-state index is 11.2. The van der Waals surface area contributed by atoms with Crippen LogP contribution < -0.4 is 0 Å². The van der Waals surface area contributed by atoms with Crippen LogP contribution in [0.4, 0.5) is 0 Å². The molecule has 1 heterocycles. The number of nitrogens with zero attached hydrogens (tertiary/aromatic N) is 4. The summed E-state index contributed by atoms with van der Waals surface area (Å²) in [5, 5.41) is 19.9. The predicted octanol–water partition coefficient (Wildman–Crippen LogP) is 0.571. The SMILES string of the molecule is CC(=O)c1nnnn1-c1cccc(O)c1. The van der Waals surface area contributed by atoms with Crippen LogP contribution in [0.5, 0.6) is 5.75 Å². The van der Waals surface area contributed by atoms with Crippen LogP contribution in [0.15, 0.2) is 24.3 Å². The Morgan fingerprint density at radius 3 is 2.93 bits per heavy atom. The quantitative estimate of drug-likeness (QED) is 0.723. The van der Waals surface area contributed by atoms with E-state index in [0.29, 0.717) is 5.69 Å². The normalized spacial score (nSPS) is 10.2. The number of phenolic OH excluding ortho intramolecular Hbond substituents is 1. The molecule has 15 heavy (non-hydrogen) atoms. The third-order valence-electron chi connectivity index (χ3n) is 1.86. The van der Waals surface area contributed by atoms with Gasteiger partial charge < -0.3 is 5.11 Å². The van der Waals surface area contributed by atoms with Gasteiger partial charge in [0.1, 0.15) is 5.75 Å². The summed E-state index contributed by atoms with van der Waals surface area (Å²) < 4.78 is 1.28. The molecule has 76 valence electrons. The molecule has 2 rings (SSSR count). The molecule has 2 aromatic rings. The average molecular weight is 204 g/mol. The minimum Gasteiger partial charge on any atom is -0.508 e. The predicted molar refractivity (Wildman–Crippen MR) is 50.8 cm³/mol. The van der Waals surface area contributed by atoms with Crippen LogP contribution in [0, 0.1) is 0 Å². The molecule has 0 fully saturated rings. The number of Topliss-reactive ketones (excluding diaryl/α,β-unsaturated/α-hetero) is 1. The van der Waals surface area contributed by atoms with Gasteiger partial charge in [-0.15, -0.1) is 5.10 Å². The van der Waals surface area contributed by atoms with Crippen LogP contribution in [0.25, 0.3) is 5.69 Å². The van der Waals surface area contributed by atoms with E-state index < -0.39 is 0 Å². The number of phenols is 1. The van der Waals surface area contributed by atoms with Gasteiger partial charge in [0.25, 0.3) is 0 Å². The summed E-state index contributed by atoms with van der Waals surface area (Å²) in [5.74, 6) is 0.00134. The Morgan fingerprint density at radius 2 is 2.27 bits per heavy atom. The van der Waals surface area contributed by atoms with Gasteiger partial charge in [-0.3, -0.25) is 4.79 Å². The highest BCUT2D eigenvalue weighted by Crippen LogP contribution is 2.14. The maximum atomic E-state index is 11.2. The molecule has 0 amide bonds. The molecule has 1 N–H and O–H groups in total. The molecule has 0 aliphatic rings. The van der Waals surface area contributed by atoms with Crippen molar-refractivity contribution in [2.24, 2.45) is 0 Å². The monoisotopic (exact) mass is 204 g/mol. The Kier molecular flexibility index (Phi) is 2.17. The molecule has 0 atom stereocenters. The summed E-state index contributed by atoms with van der Waals surface area (Å²) in [4.78, 5) is 11.2. The lowest BCUT2D eigenvalue weighted by Crippen LogP contribution is -2.06. The molecule has 0 spiro atoms. The van der Waals surface area contributed by atoms with Gasteiger partial charge in [0.05, 0.1) is 5.69 Å². The highest BCUT2D eigenvalue weighted by Gasteiger charge is 2.12. The number of hydrogen-bond acceptors (Lipinski definition) is 5. The summed E-state index contributed by atoms with van der Waals surface area (Å²) in [7, 11) is 0. The van der Waals surface area contributed by atoms with E-state index in [0.717, 1.165) is 0 Å². The fraction of sp³-hybridized carbons (Fsp3) is 0.111. The van der Waals surface area contributed by atoms with Gasteiger partial charge in [0.2, 0.25) is 5.82 Å². The zero-order chi connectivity index (χ0) is 10.8. The van der Waals surface area contributed by atoms with Gasteiger partial charge >= 0.3 is 0 Å². The van der Waals surface area contributed by atoms with E-state index in [2.05, 4.69) is 15.5 Å². The molecule has 6 nitrogen and oxygen atoms in total. The van der Waals surface area contributed by atoms with E-state index in [1.807, 2.05) is 0 Å². The van der Waals surface area contributed by atoms with Gasteiger partial charge in [-0.2, -0.15) is 4.68 Å². The van der Waals surface area contributed by atoms with E-state index in [1.165, 1.54) is 23.7 Å². The first kappa shape index (κ1) is 9.32. The highest BCUT2D eigenvalue weighted by atomic mass is 16.3. The largest absolute Gasteiger partial charge is 0.508 e. The number of tetrazole rings is 1. The van der Waals surface area contributed by atoms with E-state index in [9.17, 15) is 9.90 Å². The molecule has 1 aromatic heterocycles. The molecule has 0 unspecified atom stereocenters. The highest BCUT2D eigenvalue weighted by molar-refractivity contribution is 5.90. The van der Waals surface area contributed by atoms with Gasteiger partial charge in [0.15, 0.2) is 5.78 Å². The topological polar surface area (TPSA) is 80.9 Å². The van der Waals surface area contributed by atoms with Gasteiger partial charge in [0, 0.05) is 13.0 Å². The second-order valence-electron chi connectivity index (χ2n) is 2.99. The maximum Gasteiger partial charge on any atom is 0.222 e. The standard InChI is InChI=1S/C9H8N4O2/c1-6(14)9-10-11-12-13(9)7-3-2-4-8(15)5-7/h2-5,15H,1H3. The first-order valence-corrected chi connectivity index (χ1v) is 4.27. The summed E-state index contributed by atoms with van der Waals surface area (Å²) in [5.41, 5.74) is 0.546. The Bertz CT molecular complexity index is 506. The summed E-state index contributed by atoms with van der Waals surface area (Å²) >= 11 is 0. The molecule has 1 aromatic carbocycles. The Balaban J connectivity index is 2.54. The molecule has 0 aliphatic carbocycles. The van der Waals surface area contributed by atoms with Crippen molar-refractivity contribution in [2.75, 3.05) is 0 Å². The van der Waals surface area contributed by atoms with Crippen molar-refractivity contribution in [1.29, 1.82) is 0 Å². The number of carbonyl (C=O) groups excluding carboxylic acids is 1. The Labute approximate surface area is 85.2 Å². The fourth-order valence-corrected chi connectivity index (χ4v) is 1.21. The molecular formula is C9H8N4O2. The number of aromatic hydroxyl groups is 1. The number of hydrogen-bond donors (Lipinski definition) is 1. The molecule has 0 bridgehead atoms. The lowest BCUT2D eigenvalue weighted by molar-refractivity contribution is 0.100. The van der Waals surface area contributed by atoms with Gasteiger partial charge in [-0.05, 0) is 22.6 Å². The van der Waals surface area contributed by atoms with E-state index in [1.54, 1.807) is 12.1 Å². The summed E-state index contributed by atoms with van der Waals surface area (Å²) in [6.07, 6.45) is 0. The number of carbonyl (C=O) groups is 1. The lowest BCUT2D eigenvalue weighted by Gasteiger charge is -2.01. The van der Waals surface area contributed by atoms with E-state index in [-0.39, 0.29) is 17.4 Å². The van der Waals surface area contributed by atoms with E-state index >= 15 is 0 Å². The zero-order valence-electron chi connectivity index (χ0n) is 7.95.